The van der Waals surface area contributed by atoms with Gasteiger partial charge in [-0.2, -0.15) is 0 Å². The van der Waals surface area contributed by atoms with Crippen molar-refractivity contribution < 1.29 is 19.5 Å². The number of quaternary nitrogens is 1. The van der Waals surface area contributed by atoms with Gasteiger partial charge in [0, 0.05) is 16.5 Å². The van der Waals surface area contributed by atoms with E-state index in [9.17, 15) is 0 Å². The van der Waals surface area contributed by atoms with E-state index in [0.29, 0.717) is 0 Å². The van der Waals surface area contributed by atoms with E-state index in [-0.39, 0.29) is 0 Å². The van der Waals surface area contributed by atoms with Gasteiger partial charge in [0.2, 0.25) is 0 Å². The minimum atomic E-state index is 0.733. The summed E-state index contributed by atoms with van der Waals surface area (Å²) in [6.45, 7) is 1.86. The lowest BCUT2D eigenvalue weighted by molar-refractivity contribution is -0.670. The van der Waals surface area contributed by atoms with Crippen LogP contribution in [-0.4, -0.2) is 27.9 Å². The lowest BCUT2D eigenvalue weighted by Gasteiger charge is -2.11. The number of para-hydroxylation sites is 1. The average Bonchev–Trinajstić information content (AvgIpc) is 2.59. The molecule has 2 rings (SSSR count). The number of hydrogen-bond donors (Lipinski definition) is 1. The molecule has 4 nitrogen and oxygen atoms in total. The first-order valence-corrected chi connectivity index (χ1v) is 8.32. The Kier molecular flexibility index (Phi) is 6.74. The van der Waals surface area contributed by atoms with Crippen LogP contribution in [0.25, 0.3) is 0 Å². The predicted molar refractivity (Wildman–Crippen MR) is 94.4 cm³/mol. The van der Waals surface area contributed by atoms with E-state index in [1.54, 1.807) is 21.3 Å². The number of nitrogens with two attached hydrogens (primary N) is 1. The Hall–Kier alpha value is -1.72. The van der Waals surface area contributed by atoms with Gasteiger partial charge in [-0.1, -0.05) is 34.1 Å². The Morgan fingerprint density at radius 2 is 1.52 bits per heavy atom. The van der Waals surface area contributed by atoms with Gasteiger partial charge in [-0.3, -0.25) is 0 Å². The summed E-state index contributed by atoms with van der Waals surface area (Å²) >= 11 is 3.60. The lowest BCUT2D eigenvalue weighted by Crippen LogP contribution is -2.83. The lowest BCUT2D eigenvalue weighted by atomic mass is 10.1. The first-order valence-electron chi connectivity index (χ1n) is 7.53. The average molecular weight is 381 g/mol. The highest BCUT2D eigenvalue weighted by Gasteiger charge is 2.11. The maximum absolute atomic E-state index is 5.38. The summed E-state index contributed by atoms with van der Waals surface area (Å²) in [5.74, 6) is 2.44. The van der Waals surface area contributed by atoms with E-state index < -0.39 is 0 Å². The summed E-state index contributed by atoms with van der Waals surface area (Å²) in [4.78, 5) is 0. The van der Waals surface area contributed by atoms with Crippen molar-refractivity contribution in [3.63, 3.8) is 0 Å². The Morgan fingerprint density at radius 3 is 2.22 bits per heavy atom. The molecule has 0 bridgehead atoms. The fourth-order valence-electron chi connectivity index (χ4n) is 2.48. The highest BCUT2D eigenvalue weighted by Crippen LogP contribution is 2.32. The van der Waals surface area contributed by atoms with Crippen LogP contribution < -0.4 is 19.5 Å². The third-order valence-electron chi connectivity index (χ3n) is 3.73. The zero-order valence-electron chi connectivity index (χ0n) is 13.8. The minimum absolute atomic E-state index is 0.733. The second kappa shape index (κ2) is 8.79. The smallest absolute Gasteiger partial charge is 0.161 e. The fourth-order valence-corrected chi connectivity index (χ4v) is 2.96. The fraction of sp³-hybridized carbons (Fsp3) is 0.333. The van der Waals surface area contributed by atoms with Crippen LogP contribution in [-0.2, 0) is 13.0 Å². The van der Waals surface area contributed by atoms with Gasteiger partial charge >= 0.3 is 0 Å². The van der Waals surface area contributed by atoms with Crippen molar-refractivity contribution in [2.45, 2.75) is 13.0 Å². The van der Waals surface area contributed by atoms with Crippen molar-refractivity contribution in [1.82, 2.24) is 0 Å². The second-order valence-electron chi connectivity index (χ2n) is 5.14. The van der Waals surface area contributed by atoms with Crippen molar-refractivity contribution in [3.05, 3.63) is 52.0 Å². The Bertz CT molecular complexity index is 646. The van der Waals surface area contributed by atoms with Crippen LogP contribution in [0.4, 0.5) is 0 Å². The van der Waals surface area contributed by atoms with Gasteiger partial charge in [-0.15, -0.1) is 0 Å². The number of benzene rings is 2. The molecule has 0 aromatic heterocycles. The van der Waals surface area contributed by atoms with Crippen LogP contribution in [0.1, 0.15) is 11.1 Å². The topological polar surface area (TPSA) is 44.3 Å². The number of ether oxygens (including phenoxy) is 3. The number of hydrogen-bond acceptors (Lipinski definition) is 3. The van der Waals surface area contributed by atoms with E-state index in [1.165, 1.54) is 11.1 Å². The molecule has 23 heavy (non-hydrogen) atoms. The number of methoxy groups -OCH3 is 3. The Labute approximate surface area is 145 Å². The van der Waals surface area contributed by atoms with Gasteiger partial charge in [-0.25, -0.2) is 0 Å². The quantitative estimate of drug-likeness (QED) is 0.716. The summed E-state index contributed by atoms with van der Waals surface area (Å²) in [7, 11) is 5.01. The number of rotatable bonds is 8. The van der Waals surface area contributed by atoms with Gasteiger partial charge < -0.3 is 19.5 Å². The minimum Gasteiger partial charge on any atom is -0.496 e. The van der Waals surface area contributed by atoms with E-state index in [0.717, 1.165) is 41.2 Å². The molecule has 0 saturated carbocycles. The van der Waals surface area contributed by atoms with Crippen molar-refractivity contribution >= 4 is 15.9 Å². The van der Waals surface area contributed by atoms with Crippen molar-refractivity contribution in [2.24, 2.45) is 0 Å². The maximum atomic E-state index is 5.38. The normalized spacial score (nSPS) is 10.4. The first-order chi connectivity index (χ1) is 11.2. The second-order valence-corrected chi connectivity index (χ2v) is 6.00. The maximum Gasteiger partial charge on any atom is 0.161 e. The van der Waals surface area contributed by atoms with Crippen molar-refractivity contribution in [1.29, 1.82) is 0 Å². The molecule has 0 spiro atoms. The van der Waals surface area contributed by atoms with Gasteiger partial charge in [0.15, 0.2) is 11.5 Å². The predicted octanol–water partition coefficient (Wildman–Crippen LogP) is 2.78. The molecule has 5 heteroatoms. The molecule has 2 N–H and O–H groups in total. The summed E-state index contributed by atoms with van der Waals surface area (Å²) in [5.41, 5.74) is 2.42. The molecule has 2 aromatic rings. The summed E-state index contributed by atoms with van der Waals surface area (Å²) < 4.78 is 17.1. The molecule has 0 aliphatic carbocycles. The molecule has 0 amide bonds. The van der Waals surface area contributed by atoms with Crippen LogP contribution in [0.15, 0.2) is 40.9 Å². The molecule has 0 aliphatic rings. The molecule has 0 radical (unpaired) electrons. The number of halogens is 1. The van der Waals surface area contributed by atoms with Gasteiger partial charge in [0.1, 0.15) is 12.3 Å². The molecule has 0 atom stereocenters. The molecular formula is C18H23BrNO3+. The SMILES string of the molecule is COc1ccccc1CC[NH2+]Cc1cc(OC)c(OC)cc1Br. The van der Waals surface area contributed by atoms with Crippen LogP contribution in [0.2, 0.25) is 0 Å². The molecule has 0 unspecified atom stereocenters. The van der Waals surface area contributed by atoms with Gasteiger partial charge in [-0.05, 0) is 23.8 Å². The Morgan fingerprint density at radius 1 is 0.870 bits per heavy atom. The molecule has 0 saturated heterocycles. The monoisotopic (exact) mass is 380 g/mol. The highest BCUT2D eigenvalue weighted by atomic mass is 79.9. The standard InChI is InChI=1S/C18H22BrNO3/c1-21-16-7-5-4-6-13(16)8-9-20-12-14-10-17(22-2)18(23-3)11-15(14)19/h4-7,10-11,20H,8-9,12H2,1-3H3/p+1. The molecule has 0 heterocycles. The third kappa shape index (κ3) is 4.62. The summed E-state index contributed by atoms with van der Waals surface area (Å²) in [5, 5.41) is 2.28. The zero-order chi connectivity index (χ0) is 16.7. The molecule has 124 valence electrons. The zero-order valence-corrected chi connectivity index (χ0v) is 15.4. The van der Waals surface area contributed by atoms with Gasteiger partial charge in [0.05, 0.1) is 27.9 Å². The van der Waals surface area contributed by atoms with E-state index in [4.69, 9.17) is 14.2 Å². The molecule has 0 aliphatic heterocycles. The summed E-state index contributed by atoms with van der Waals surface area (Å²) in [6.07, 6.45) is 0.967. The van der Waals surface area contributed by atoms with Crippen molar-refractivity contribution in [3.8, 4) is 17.2 Å². The molecule has 2 aromatic carbocycles. The third-order valence-corrected chi connectivity index (χ3v) is 4.47. The van der Waals surface area contributed by atoms with Crippen molar-refractivity contribution in [2.75, 3.05) is 27.9 Å². The first kappa shape index (κ1) is 17.6. The van der Waals surface area contributed by atoms with E-state index in [2.05, 4.69) is 27.3 Å². The van der Waals surface area contributed by atoms with E-state index >= 15 is 0 Å². The van der Waals surface area contributed by atoms with Crippen LogP contribution >= 0.6 is 15.9 Å². The van der Waals surface area contributed by atoms with Crippen LogP contribution in [0.5, 0.6) is 17.2 Å². The van der Waals surface area contributed by atoms with Gasteiger partial charge in [0.25, 0.3) is 0 Å². The van der Waals surface area contributed by atoms with Crippen LogP contribution in [0.3, 0.4) is 0 Å². The molecular weight excluding hydrogens is 358 g/mol. The van der Waals surface area contributed by atoms with E-state index in [1.807, 2.05) is 30.3 Å². The van der Waals surface area contributed by atoms with Crippen LogP contribution in [0, 0.1) is 0 Å². The largest absolute Gasteiger partial charge is 0.496 e. The molecule has 0 fully saturated rings. The Balaban J connectivity index is 1.94. The highest BCUT2D eigenvalue weighted by molar-refractivity contribution is 9.10. The summed E-state index contributed by atoms with van der Waals surface area (Å²) in [6, 6.07) is 12.1.